The Bertz CT molecular complexity index is 1030. The summed E-state index contributed by atoms with van der Waals surface area (Å²) in [7, 11) is -0.953. The molecule has 34 heavy (non-hydrogen) atoms. The standard InChI is InChI=1S/C26H32Cl2N2O3S/c1-26(2,21-14-19(16-29)25(24(28)15-21)32-13-12-27)20-6-10-23(11-7-20)33-17-18-4-8-22(9-5-18)30-34(3)31/h6-7,10-11,14-15,18,22,30H,4-5,8-9,12-13,17H2,1-3H3. The van der Waals surface area contributed by atoms with Crippen molar-refractivity contribution in [1.29, 1.82) is 5.26 Å². The van der Waals surface area contributed by atoms with E-state index >= 15 is 0 Å². The molecule has 1 atom stereocenters. The van der Waals surface area contributed by atoms with Crippen LogP contribution in [0.1, 0.15) is 56.2 Å². The maximum Gasteiger partial charge on any atom is 0.155 e. The van der Waals surface area contributed by atoms with Crippen LogP contribution in [-0.4, -0.2) is 35.6 Å². The molecule has 0 spiro atoms. The first-order valence-corrected chi connectivity index (χ1v) is 14.0. The van der Waals surface area contributed by atoms with Crippen molar-refractivity contribution in [1.82, 2.24) is 4.72 Å². The van der Waals surface area contributed by atoms with Crippen LogP contribution < -0.4 is 14.2 Å². The first-order valence-electron chi connectivity index (χ1n) is 11.5. The molecule has 0 amide bonds. The molecule has 0 aromatic heterocycles. The summed E-state index contributed by atoms with van der Waals surface area (Å²) in [6.45, 7) is 5.18. The number of nitrogens with zero attached hydrogens (tertiary/aromatic N) is 1. The van der Waals surface area contributed by atoms with E-state index in [-0.39, 0.29) is 12.0 Å². The molecule has 0 aliphatic heterocycles. The van der Waals surface area contributed by atoms with E-state index < -0.39 is 11.0 Å². The second-order valence-electron chi connectivity index (χ2n) is 9.23. The van der Waals surface area contributed by atoms with Crippen LogP contribution in [0.4, 0.5) is 0 Å². The smallest absolute Gasteiger partial charge is 0.155 e. The Hall–Kier alpha value is -1.78. The van der Waals surface area contributed by atoms with Crippen molar-refractivity contribution in [2.45, 2.75) is 51.0 Å². The first kappa shape index (κ1) is 26.8. The minimum absolute atomic E-state index is 0.290. The molecule has 0 radical (unpaired) electrons. The van der Waals surface area contributed by atoms with E-state index in [4.69, 9.17) is 32.7 Å². The summed E-state index contributed by atoms with van der Waals surface area (Å²) in [5.41, 5.74) is 2.05. The van der Waals surface area contributed by atoms with Gasteiger partial charge in [0.15, 0.2) is 5.75 Å². The van der Waals surface area contributed by atoms with Crippen LogP contribution in [0.25, 0.3) is 0 Å². The van der Waals surface area contributed by atoms with Gasteiger partial charge in [-0.05, 0) is 67.0 Å². The van der Waals surface area contributed by atoms with E-state index in [2.05, 4.69) is 36.8 Å². The molecule has 1 aliphatic carbocycles. The van der Waals surface area contributed by atoms with Crippen LogP contribution in [-0.2, 0) is 16.4 Å². The van der Waals surface area contributed by atoms with Crippen LogP contribution in [0.15, 0.2) is 36.4 Å². The molecule has 0 saturated heterocycles. The Morgan fingerprint density at radius 2 is 1.79 bits per heavy atom. The van der Waals surface area contributed by atoms with Gasteiger partial charge in [0.2, 0.25) is 0 Å². The molecule has 2 aromatic carbocycles. The molecule has 5 nitrogen and oxygen atoms in total. The second kappa shape index (κ2) is 12.3. The van der Waals surface area contributed by atoms with Crippen LogP contribution in [0.5, 0.6) is 11.5 Å². The van der Waals surface area contributed by atoms with Crippen LogP contribution >= 0.6 is 23.2 Å². The fourth-order valence-electron chi connectivity index (χ4n) is 4.35. The van der Waals surface area contributed by atoms with Crippen molar-refractivity contribution in [2.24, 2.45) is 5.92 Å². The predicted molar refractivity (Wildman–Crippen MR) is 139 cm³/mol. The van der Waals surface area contributed by atoms with Gasteiger partial charge in [-0.2, -0.15) is 5.26 Å². The first-order chi connectivity index (χ1) is 16.2. The van der Waals surface area contributed by atoms with Gasteiger partial charge in [0.25, 0.3) is 0 Å². The fourth-order valence-corrected chi connectivity index (χ4v) is 5.41. The number of hydrogen-bond donors (Lipinski definition) is 1. The van der Waals surface area contributed by atoms with Gasteiger partial charge in [-0.25, -0.2) is 8.93 Å². The Labute approximate surface area is 215 Å². The van der Waals surface area contributed by atoms with Gasteiger partial charge in [0, 0.05) is 17.7 Å². The number of rotatable bonds is 10. The summed E-state index contributed by atoms with van der Waals surface area (Å²) in [6, 6.07) is 14.3. The van der Waals surface area contributed by atoms with Crippen molar-refractivity contribution >= 4 is 34.2 Å². The zero-order chi connectivity index (χ0) is 24.7. The molecule has 1 fully saturated rings. The Morgan fingerprint density at radius 3 is 2.38 bits per heavy atom. The average Bonchev–Trinajstić information content (AvgIpc) is 2.82. The number of halogens is 2. The third-order valence-electron chi connectivity index (χ3n) is 6.45. The normalized spacial score (nSPS) is 19.3. The molecule has 1 aliphatic rings. The summed E-state index contributed by atoms with van der Waals surface area (Å²) < 4.78 is 26.1. The molecule has 2 aromatic rings. The summed E-state index contributed by atoms with van der Waals surface area (Å²) in [4.78, 5) is 0. The molecule has 8 heteroatoms. The molecular formula is C26H32Cl2N2O3S. The summed E-state index contributed by atoms with van der Waals surface area (Å²) in [5.74, 6) is 2.06. The third kappa shape index (κ3) is 6.88. The molecule has 0 heterocycles. The molecule has 1 N–H and O–H groups in total. The molecule has 3 rings (SSSR count). The third-order valence-corrected chi connectivity index (χ3v) is 7.55. The Balaban J connectivity index is 1.64. The van der Waals surface area contributed by atoms with Crippen LogP contribution in [0.2, 0.25) is 5.02 Å². The Kier molecular flexibility index (Phi) is 9.67. The predicted octanol–water partition coefficient (Wildman–Crippen LogP) is 5.98. The number of alkyl halides is 1. The highest BCUT2D eigenvalue weighted by Gasteiger charge is 2.26. The Morgan fingerprint density at radius 1 is 1.12 bits per heavy atom. The van der Waals surface area contributed by atoms with Crippen molar-refractivity contribution in [3.8, 4) is 17.6 Å². The highest BCUT2D eigenvalue weighted by atomic mass is 35.5. The van der Waals surface area contributed by atoms with E-state index in [1.165, 1.54) is 0 Å². The lowest BCUT2D eigenvalue weighted by molar-refractivity contribution is 0.197. The zero-order valence-electron chi connectivity index (χ0n) is 19.9. The van der Waals surface area contributed by atoms with Crippen molar-refractivity contribution in [2.75, 3.05) is 25.3 Å². The molecule has 0 bridgehead atoms. The highest BCUT2D eigenvalue weighted by molar-refractivity contribution is 7.82. The minimum atomic E-state index is -0.953. The van der Waals surface area contributed by atoms with Gasteiger partial charge in [-0.3, -0.25) is 0 Å². The quantitative estimate of drug-likeness (QED) is 0.389. The number of hydrogen-bond acceptors (Lipinski definition) is 4. The zero-order valence-corrected chi connectivity index (χ0v) is 22.2. The number of nitriles is 1. The van der Waals surface area contributed by atoms with Gasteiger partial charge in [-0.15, -0.1) is 11.6 Å². The lowest BCUT2D eigenvalue weighted by Crippen LogP contribution is -2.35. The SMILES string of the molecule is CS(=O)NC1CCC(COc2ccc(C(C)(C)c3cc(Cl)c(OCCCl)c(C#N)c3)cc2)CC1. The van der Waals surface area contributed by atoms with E-state index in [0.717, 1.165) is 42.6 Å². The van der Waals surface area contributed by atoms with Gasteiger partial charge in [0.1, 0.15) is 18.4 Å². The second-order valence-corrected chi connectivity index (χ2v) is 11.2. The van der Waals surface area contributed by atoms with Gasteiger partial charge >= 0.3 is 0 Å². The number of nitrogens with one attached hydrogen (secondary N) is 1. The van der Waals surface area contributed by atoms with Crippen molar-refractivity contribution in [3.63, 3.8) is 0 Å². The number of ether oxygens (including phenoxy) is 2. The van der Waals surface area contributed by atoms with Crippen LogP contribution in [0.3, 0.4) is 0 Å². The van der Waals surface area contributed by atoms with E-state index in [1.807, 2.05) is 24.3 Å². The van der Waals surface area contributed by atoms with Gasteiger partial charge in [-0.1, -0.05) is 37.6 Å². The molecule has 184 valence electrons. The van der Waals surface area contributed by atoms with E-state index in [1.54, 1.807) is 6.26 Å². The lowest BCUT2D eigenvalue weighted by Gasteiger charge is -2.29. The summed E-state index contributed by atoms with van der Waals surface area (Å²) in [5, 5.41) is 10.0. The summed E-state index contributed by atoms with van der Waals surface area (Å²) >= 11 is 12.2. The van der Waals surface area contributed by atoms with Gasteiger partial charge < -0.3 is 9.47 Å². The maximum absolute atomic E-state index is 11.3. The van der Waals surface area contributed by atoms with E-state index in [0.29, 0.717) is 40.8 Å². The van der Waals surface area contributed by atoms with Crippen molar-refractivity contribution in [3.05, 3.63) is 58.1 Å². The van der Waals surface area contributed by atoms with Crippen LogP contribution in [0, 0.1) is 17.2 Å². The topological polar surface area (TPSA) is 71.3 Å². The molecule has 1 unspecified atom stereocenters. The monoisotopic (exact) mass is 522 g/mol. The highest BCUT2D eigenvalue weighted by Crippen LogP contribution is 2.38. The molecular weight excluding hydrogens is 491 g/mol. The van der Waals surface area contributed by atoms with Crippen molar-refractivity contribution < 1.29 is 13.7 Å². The maximum atomic E-state index is 11.3. The van der Waals surface area contributed by atoms with Gasteiger partial charge in [0.05, 0.1) is 34.1 Å². The average molecular weight is 524 g/mol. The largest absolute Gasteiger partial charge is 0.493 e. The fraction of sp³-hybridized carbons (Fsp3) is 0.500. The van der Waals surface area contributed by atoms with E-state index in [9.17, 15) is 9.47 Å². The lowest BCUT2D eigenvalue weighted by atomic mass is 9.77. The molecule has 1 saturated carbocycles. The number of benzene rings is 2. The minimum Gasteiger partial charge on any atom is -0.493 e. The summed E-state index contributed by atoms with van der Waals surface area (Å²) in [6.07, 6.45) is 5.90.